The molecule has 1 saturated carbocycles. The quantitative estimate of drug-likeness (QED) is 0.749. The van der Waals surface area contributed by atoms with Gasteiger partial charge in [0.25, 0.3) is 0 Å². The molecule has 0 bridgehead atoms. The van der Waals surface area contributed by atoms with Crippen molar-refractivity contribution in [3.05, 3.63) is 0 Å². The molecule has 1 heterocycles. The smallest absolute Gasteiger partial charge is 0.00940 e. The molecule has 2 fully saturated rings. The zero-order valence-corrected chi connectivity index (χ0v) is 10.3. The molecule has 88 valence electrons. The Morgan fingerprint density at radius 3 is 2.67 bits per heavy atom. The summed E-state index contributed by atoms with van der Waals surface area (Å²) >= 11 is 0. The third-order valence-electron chi connectivity index (χ3n) is 3.89. The predicted molar refractivity (Wildman–Crippen MR) is 65.1 cm³/mol. The standard InChI is InChI=1S/C13H26N2/c1-3-7-14-13-6-8-15(11(2)9-13)10-12-4-5-12/h11-14H,3-10H2,1-2H3. The van der Waals surface area contributed by atoms with Crippen molar-refractivity contribution in [1.82, 2.24) is 10.2 Å². The lowest BCUT2D eigenvalue weighted by Crippen LogP contribution is -2.48. The molecule has 1 aliphatic heterocycles. The van der Waals surface area contributed by atoms with Gasteiger partial charge in [-0.2, -0.15) is 0 Å². The number of piperidine rings is 1. The number of nitrogens with one attached hydrogen (secondary N) is 1. The maximum Gasteiger partial charge on any atom is 0.00940 e. The van der Waals surface area contributed by atoms with Crippen LogP contribution in [0.4, 0.5) is 0 Å². The highest BCUT2D eigenvalue weighted by Crippen LogP contribution is 2.31. The molecule has 2 heteroatoms. The lowest BCUT2D eigenvalue weighted by molar-refractivity contribution is 0.130. The Morgan fingerprint density at radius 2 is 2.07 bits per heavy atom. The van der Waals surface area contributed by atoms with E-state index in [9.17, 15) is 0 Å². The van der Waals surface area contributed by atoms with Crippen LogP contribution in [-0.4, -0.2) is 36.6 Å². The van der Waals surface area contributed by atoms with Crippen molar-refractivity contribution in [2.24, 2.45) is 5.92 Å². The second-order valence-corrected chi connectivity index (χ2v) is 5.46. The van der Waals surface area contributed by atoms with Crippen LogP contribution in [0, 0.1) is 5.92 Å². The summed E-state index contributed by atoms with van der Waals surface area (Å²) in [5, 5.41) is 3.66. The first kappa shape index (κ1) is 11.4. The molecule has 1 N–H and O–H groups in total. The van der Waals surface area contributed by atoms with Crippen LogP contribution in [-0.2, 0) is 0 Å². The maximum atomic E-state index is 3.66. The topological polar surface area (TPSA) is 15.3 Å². The Balaban J connectivity index is 1.69. The van der Waals surface area contributed by atoms with E-state index < -0.39 is 0 Å². The molecule has 0 amide bonds. The lowest BCUT2D eigenvalue weighted by Gasteiger charge is -2.38. The van der Waals surface area contributed by atoms with Crippen molar-refractivity contribution in [2.45, 2.75) is 58.0 Å². The van der Waals surface area contributed by atoms with Gasteiger partial charge in [-0.05, 0) is 58.0 Å². The molecule has 2 aliphatic rings. The van der Waals surface area contributed by atoms with E-state index in [1.54, 1.807) is 0 Å². The summed E-state index contributed by atoms with van der Waals surface area (Å²) in [6, 6.07) is 1.59. The summed E-state index contributed by atoms with van der Waals surface area (Å²) in [6.45, 7) is 8.54. The molecule has 15 heavy (non-hydrogen) atoms. The Bertz CT molecular complexity index is 189. The summed E-state index contributed by atoms with van der Waals surface area (Å²) < 4.78 is 0. The van der Waals surface area contributed by atoms with Crippen molar-refractivity contribution >= 4 is 0 Å². The fourth-order valence-corrected chi connectivity index (χ4v) is 2.66. The van der Waals surface area contributed by atoms with Crippen LogP contribution in [0.3, 0.4) is 0 Å². The highest BCUT2D eigenvalue weighted by atomic mass is 15.2. The van der Waals surface area contributed by atoms with Crippen LogP contribution >= 0.6 is 0 Å². The minimum absolute atomic E-state index is 0.787. The van der Waals surface area contributed by atoms with Gasteiger partial charge in [0.2, 0.25) is 0 Å². The van der Waals surface area contributed by atoms with Crippen molar-refractivity contribution in [3.63, 3.8) is 0 Å². The van der Waals surface area contributed by atoms with Gasteiger partial charge >= 0.3 is 0 Å². The van der Waals surface area contributed by atoms with E-state index in [1.165, 1.54) is 51.7 Å². The molecule has 2 rings (SSSR count). The zero-order chi connectivity index (χ0) is 10.7. The van der Waals surface area contributed by atoms with Gasteiger partial charge in [-0.15, -0.1) is 0 Å². The third-order valence-corrected chi connectivity index (χ3v) is 3.89. The normalized spacial score (nSPS) is 33.2. The first-order valence-electron chi connectivity index (χ1n) is 6.77. The first-order valence-corrected chi connectivity index (χ1v) is 6.77. The van der Waals surface area contributed by atoms with Crippen molar-refractivity contribution in [2.75, 3.05) is 19.6 Å². The SMILES string of the molecule is CCCNC1CCN(CC2CC2)C(C)C1. The van der Waals surface area contributed by atoms with Gasteiger partial charge in [0, 0.05) is 18.6 Å². The third kappa shape index (κ3) is 3.46. The van der Waals surface area contributed by atoms with E-state index in [0.29, 0.717) is 0 Å². The van der Waals surface area contributed by atoms with Crippen LogP contribution in [0.2, 0.25) is 0 Å². The van der Waals surface area contributed by atoms with Crippen molar-refractivity contribution in [1.29, 1.82) is 0 Å². The highest BCUT2D eigenvalue weighted by Gasteiger charge is 2.30. The van der Waals surface area contributed by atoms with Gasteiger partial charge < -0.3 is 10.2 Å². The average Bonchev–Trinajstić information content (AvgIpc) is 3.02. The van der Waals surface area contributed by atoms with Crippen LogP contribution in [0.15, 0.2) is 0 Å². The fraction of sp³-hybridized carbons (Fsp3) is 1.00. The zero-order valence-electron chi connectivity index (χ0n) is 10.3. The summed E-state index contributed by atoms with van der Waals surface area (Å²) in [5.41, 5.74) is 0. The van der Waals surface area contributed by atoms with Crippen molar-refractivity contribution in [3.8, 4) is 0 Å². The number of hydrogen-bond acceptors (Lipinski definition) is 2. The van der Waals surface area contributed by atoms with Gasteiger partial charge in [-0.1, -0.05) is 6.92 Å². The molecule has 0 aromatic rings. The molecule has 2 unspecified atom stereocenters. The van der Waals surface area contributed by atoms with E-state index in [2.05, 4.69) is 24.1 Å². The molecular weight excluding hydrogens is 184 g/mol. The van der Waals surface area contributed by atoms with Crippen LogP contribution < -0.4 is 5.32 Å². The maximum absolute atomic E-state index is 3.66. The molecule has 1 aliphatic carbocycles. The van der Waals surface area contributed by atoms with E-state index >= 15 is 0 Å². The van der Waals surface area contributed by atoms with E-state index in [-0.39, 0.29) is 0 Å². The van der Waals surface area contributed by atoms with Crippen LogP contribution in [0.25, 0.3) is 0 Å². The number of hydrogen-bond donors (Lipinski definition) is 1. The van der Waals surface area contributed by atoms with Crippen LogP contribution in [0.1, 0.15) is 46.0 Å². The lowest BCUT2D eigenvalue weighted by atomic mass is 9.98. The largest absolute Gasteiger partial charge is 0.314 e. The minimum Gasteiger partial charge on any atom is -0.314 e. The Morgan fingerprint density at radius 1 is 1.27 bits per heavy atom. The fourth-order valence-electron chi connectivity index (χ4n) is 2.66. The van der Waals surface area contributed by atoms with Gasteiger partial charge in [0.15, 0.2) is 0 Å². The van der Waals surface area contributed by atoms with Gasteiger partial charge in [-0.3, -0.25) is 0 Å². The molecule has 1 saturated heterocycles. The second-order valence-electron chi connectivity index (χ2n) is 5.46. The monoisotopic (exact) mass is 210 g/mol. The van der Waals surface area contributed by atoms with E-state index in [1.807, 2.05) is 0 Å². The number of likely N-dealkylation sites (tertiary alicyclic amines) is 1. The summed E-state index contributed by atoms with van der Waals surface area (Å²) in [5.74, 6) is 1.05. The summed E-state index contributed by atoms with van der Waals surface area (Å²) in [4.78, 5) is 2.71. The molecule has 0 aromatic heterocycles. The molecule has 2 atom stereocenters. The molecule has 2 nitrogen and oxygen atoms in total. The summed E-state index contributed by atoms with van der Waals surface area (Å²) in [6.07, 6.45) is 6.95. The average molecular weight is 210 g/mol. The van der Waals surface area contributed by atoms with Crippen LogP contribution in [0.5, 0.6) is 0 Å². The van der Waals surface area contributed by atoms with Gasteiger partial charge in [0.05, 0.1) is 0 Å². The minimum atomic E-state index is 0.787. The van der Waals surface area contributed by atoms with Gasteiger partial charge in [0.1, 0.15) is 0 Å². The Kier molecular flexibility index (Phi) is 4.04. The molecule has 0 aromatic carbocycles. The summed E-state index contributed by atoms with van der Waals surface area (Å²) in [7, 11) is 0. The highest BCUT2D eigenvalue weighted by molar-refractivity contribution is 4.86. The molecular formula is C13H26N2. The van der Waals surface area contributed by atoms with E-state index in [0.717, 1.165) is 18.0 Å². The number of nitrogens with zero attached hydrogens (tertiary/aromatic N) is 1. The van der Waals surface area contributed by atoms with Gasteiger partial charge in [-0.25, -0.2) is 0 Å². The Hall–Kier alpha value is -0.0800. The second kappa shape index (κ2) is 5.31. The predicted octanol–water partition coefficient (Wildman–Crippen LogP) is 2.25. The van der Waals surface area contributed by atoms with E-state index in [4.69, 9.17) is 0 Å². The first-order chi connectivity index (χ1) is 7.29. The van der Waals surface area contributed by atoms with Crippen molar-refractivity contribution < 1.29 is 0 Å². The number of rotatable bonds is 5. The Labute approximate surface area is 94.4 Å². The molecule has 0 radical (unpaired) electrons. The molecule has 0 spiro atoms.